The van der Waals surface area contributed by atoms with Crippen LogP contribution in [0.15, 0.2) is 12.1 Å². The summed E-state index contributed by atoms with van der Waals surface area (Å²) in [6.07, 6.45) is 0.474. The van der Waals surface area contributed by atoms with Crippen LogP contribution >= 0.6 is 0 Å². The Morgan fingerprint density at radius 1 is 1.14 bits per heavy atom. The molecular formula is C10H14FNO2. The molecule has 0 atom stereocenters. The van der Waals surface area contributed by atoms with Crippen LogP contribution in [0.3, 0.4) is 0 Å². The van der Waals surface area contributed by atoms with Crippen LogP contribution in [-0.4, -0.2) is 23.4 Å². The van der Waals surface area contributed by atoms with Gasteiger partial charge in [0.15, 0.2) is 0 Å². The summed E-state index contributed by atoms with van der Waals surface area (Å²) < 4.78 is 13.6. The standard InChI is InChI=1S/C10H14FNO2/c11-10-7(3-5-13)1-2-9(12)8(10)4-6-14/h1-2,13-14H,3-6,12H2. The van der Waals surface area contributed by atoms with Crippen molar-refractivity contribution in [2.24, 2.45) is 0 Å². The van der Waals surface area contributed by atoms with Gasteiger partial charge in [0.2, 0.25) is 0 Å². The first-order valence-electron chi connectivity index (χ1n) is 4.48. The molecule has 1 aromatic rings. The average molecular weight is 199 g/mol. The lowest BCUT2D eigenvalue weighted by molar-refractivity contribution is 0.294. The van der Waals surface area contributed by atoms with Crippen LogP contribution in [0.25, 0.3) is 0 Å². The molecule has 0 fully saturated rings. The van der Waals surface area contributed by atoms with E-state index in [9.17, 15) is 4.39 Å². The second-order valence-corrected chi connectivity index (χ2v) is 3.05. The van der Waals surface area contributed by atoms with E-state index in [0.717, 1.165) is 0 Å². The topological polar surface area (TPSA) is 66.5 Å². The van der Waals surface area contributed by atoms with E-state index in [2.05, 4.69) is 0 Å². The molecule has 0 saturated heterocycles. The molecule has 0 spiro atoms. The molecule has 3 nitrogen and oxygen atoms in total. The predicted octanol–water partition coefficient (Wildman–Crippen LogP) is 0.478. The van der Waals surface area contributed by atoms with Gasteiger partial charge in [-0.25, -0.2) is 4.39 Å². The molecular weight excluding hydrogens is 185 g/mol. The fourth-order valence-corrected chi connectivity index (χ4v) is 1.36. The molecule has 0 radical (unpaired) electrons. The van der Waals surface area contributed by atoms with Gasteiger partial charge in [-0.15, -0.1) is 0 Å². The number of benzene rings is 1. The van der Waals surface area contributed by atoms with Crippen molar-refractivity contribution in [3.05, 3.63) is 29.1 Å². The highest BCUT2D eigenvalue weighted by molar-refractivity contribution is 5.49. The SMILES string of the molecule is Nc1ccc(CCO)c(F)c1CCO. The largest absolute Gasteiger partial charge is 0.398 e. The predicted molar refractivity (Wildman–Crippen MR) is 52.4 cm³/mol. The Kier molecular flexibility index (Phi) is 3.85. The van der Waals surface area contributed by atoms with Crippen molar-refractivity contribution in [2.45, 2.75) is 12.8 Å². The Hall–Kier alpha value is -1.13. The van der Waals surface area contributed by atoms with E-state index >= 15 is 0 Å². The summed E-state index contributed by atoms with van der Waals surface area (Å²) in [6.45, 7) is -0.233. The summed E-state index contributed by atoms with van der Waals surface area (Å²) in [4.78, 5) is 0. The van der Waals surface area contributed by atoms with E-state index in [1.54, 1.807) is 12.1 Å². The van der Waals surface area contributed by atoms with Crippen molar-refractivity contribution in [1.82, 2.24) is 0 Å². The molecule has 0 amide bonds. The van der Waals surface area contributed by atoms with Crippen molar-refractivity contribution < 1.29 is 14.6 Å². The molecule has 4 heteroatoms. The molecule has 0 saturated carbocycles. The summed E-state index contributed by atoms with van der Waals surface area (Å²) in [7, 11) is 0. The minimum atomic E-state index is -0.409. The molecule has 0 bridgehead atoms. The maximum atomic E-state index is 13.6. The van der Waals surface area contributed by atoms with Gasteiger partial charge >= 0.3 is 0 Å². The molecule has 4 N–H and O–H groups in total. The normalized spacial score (nSPS) is 10.5. The Bertz CT molecular complexity index is 315. The van der Waals surface area contributed by atoms with E-state index < -0.39 is 5.82 Å². The van der Waals surface area contributed by atoms with Gasteiger partial charge in [-0.05, 0) is 18.1 Å². The number of anilines is 1. The van der Waals surface area contributed by atoms with Crippen LogP contribution in [0.1, 0.15) is 11.1 Å². The van der Waals surface area contributed by atoms with E-state index in [4.69, 9.17) is 15.9 Å². The van der Waals surface area contributed by atoms with Crippen molar-refractivity contribution in [3.8, 4) is 0 Å². The molecule has 0 unspecified atom stereocenters. The van der Waals surface area contributed by atoms with Crippen LogP contribution < -0.4 is 5.73 Å². The van der Waals surface area contributed by atoms with E-state index in [1.165, 1.54) is 0 Å². The first kappa shape index (κ1) is 10.9. The second-order valence-electron chi connectivity index (χ2n) is 3.05. The van der Waals surface area contributed by atoms with Crippen LogP contribution in [0.5, 0.6) is 0 Å². The van der Waals surface area contributed by atoms with Crippen molar-refractivity contribution in [1.29, 1.82) is 0 Å². The molecule has 0 aliphatic carbocycles. The Morgan fingerprint density at radius 2 is 1.79 bits per heavy atom. The molecule has 0 aliphatic rings. The summed E-state index contributed by atoms with van der Waals surface area (Å²) in [5.41, 5.74) is 6.67. The van der Waals surface area contributed by atoms with Crippen molar-refractivity contribution in [2.75, 3.05) is 18.9 Å². The molecule has 0 aliphatic heterocycles. The average Bonchev–Trinajstić information content (AvgIpc) is 2.17. The minimum Gasteiger partial charge on any atom is -0.398 e. The first-order chi connectivity index (χ1) is 6.70. The van der Waals surface area contributed by atoms with Crippen LogP contribution in [0.2, 0.25) is 0 Å². The molecule has 1 rings (SSSR count). The summed E-state index contributed by atoms with van der Waals surface area (Å²) in [5.74, 6) is -0.409. The van der Waals surface area contributed by atoms with Gasteiger partial charge in [0.25, 0.3) is 0 Å². The smallest absolute Gasteiger partial charge is 0.131 e. The maximum Gasteiger partial charge on any atom is 0.131 e. The zero-order chi connectivity index (χ0) is 10.6. The molecule has 78 valence electrons. The van der Waals surface area contributed by atoms with Gasteiger partial charge in [-0.1, -0.05) is 6.07 Å². The van der Waals surface area contributed by atoms with Gasteiger partial charge in [-0.3, -0.25) is 0 Å². The lowest BCUT2D eigenvalue weighted by atomic mass is 10.0. The number of hydrogen-bond acceptors (Lipinski definition) is 3. The Morgan fingerprint density at radius 3 is 2.36 bits per heavy atom. The van der Waals surface area contributed by atoms with Crippen LogP contribution in [-0.2, 0) is 12.8 Å². The number of nitrogens with two attached hydrogens (primary N) is 1. The zero-order valence-corrected chi connectivity index (χ0v) is 7.83. The minimum absolute atomic E-state index is 0.0978. The van der Waals surface area contributed by atoms with Gasteiger partial charge in [0.1, 0.15) is 5.82 Å². The number of nitrogen functional groups attached to an aromatic ring is 1. The number of rotatable bonds is 4. The number of halogens is 1. The second kappa shape index (κ2) is 4.93. The summed E-state index contributed by atoms with van der Waals surface area (Å²) >= 11 is 0. The quantitative estimate of drug-likeness (QED) is 0.618. The third-order valence-electron chi connectivity index (χ3n) is 2.10. The van der Waals surface area contributed by atoms with Crippen molar-refractivity contribution >= 4 is 5.69 Å². The highest BCUT2D eigenvalue weighted by Gasteiger charge is 2.10. The number of hydrogen-bond donors (Lipinski definition) is 3. The lowest BCUT2D eigenvalue weighted by Gasteiger charge is -2.09. The van der Waals surface area contributed by atoms with Crippen molar-refractivity contribution in [3.63, 3.8) is 0 Å². The molecule has 0 aromatic heterocycles. The van der Waals surface area contributed by atoms with E-state index in [-0.39, 0.29) is 26.1 Å². The van der Waals surface area contributed by atoms with Gasteiger partial charge in [-0.2, -0.15) is 0 Å². The van der Waals surface area contributed by atoms with Gasteiger partial charge < -0.3 is 15.9 Å². The van der Waals surface area contributed by atoms with Gasteiger partial charge in [0, 0.05) is 30.9 Å². The number of aliphatic hydroxyl groups is 2. The van der Waals surface area contributed by atoms with E-state index in [0.29, 0.717) is 16.8 Å². The zero-order valence-electron chi connectivity index (χ0n) is 7.83. The molecule has 14 heavy (non-hydrogen) atoms. The lowest BCUT2D eigenvalue weighted by Crippen LogP contribution is -2.05. The fraction of sp³-hybridized carbons (Fsp3) is 0.400. The summed E-state index contributed by atoms with van der Waals surface area (Å²) in [6, 6.07) is 3.15. The Labute approximate surface area is 82.0 Å². The van der Waals surface area contributed by atoms with Gasteiger partial charge in [0.05, 0.1) is 0 Å². The first-order valence-corrected chi connectivity index (χ1v) is 4.48. The highest BCUT2D eigenvalue weighted by atomic mass is 19.1. The maximum absolute atomic E-state index is 13.6. The Balaban J connectivity index is 3.05. The third-order valence-corrected chi connectivity index (χ3v) is 2.10. The molecule has 1 aromatic carbocycles. The van der Waals surface area contributed by atoms with Crippen LogP contribution in [0.4, 0.5) is 10.1 Å². The van der Waals surface area contributed by atoms with E-state index in [1.807, 2.05) is 0 Å². The highest BCUT2D eigenvalue weighted by Crippen LogP contribution is 2.20. The third kappa shape index (κ3) is 2.21. The monoisotopic (exact) mass is 199 g/mol. The van der Waals surface area contributed by atoms with Crippen LogP contribution in [0, 0.1) is 5.82 Å². The molecule has 0 heterocycles. The number of aliphatic hydroxyl groups excluding tert-OH is 2. The summed E-state index contributed by atoms with van der Waals surface area (Å²) in [5, 5.41) is 17.4. The fourth-order valence-electron chi connectivity index (χ4n) is 1.36.